The van der Waals surface area contributed by atoms with E-state index >= 15 is 0 Å². The molecule has 0 radical (unpaired) electrons. The van der Waals surface area contributed by atoms with Crippen LogP contribution in [0.25, 0.3) is 0 Å². The van der Waals surface area contributed by atoms with Crippen LogP contribution in [0, 0.1) is 0 Å². The van der Waals surface area contributed by atoms with E-state index in [1.54, 1.807) is 0 Å². The van der Waals surface area contributed by atoms with Crippen molar-refractivity contribution in [2.45, 2.75) is 59.0 Å². The summed E-state index contributed by atoms with van der Waals surface area (Å²) in [6.45, 7) is 14.5. The van der Waals surface area contributed by atoms with Gasteiger partial charge in [-0.15, -0.1) is 0 Å². The highest BCUT2D eigenvalue weighted by Gasteiger charge is 2.26. The second-order valence-corrected chi connectivity index (χ2v) is 7.11. The van der Waals surface area contributed by atoms with Gasteiger partial charge in [-0.25, -0.2) is 0 Å². The lowest BCUT2D eigenvalue weighted by atomic mass is 9.78. The van der Waals surface area contributed by atoms with Crippen molar-refractivity contribution in [2.75, 3.05) is 6.79 Å². The fourth-order valence-electron chi connectivity index (χ4n) is 2.27. The lowest BCUT2D eigenvalue weighted by Crippen LogP contribution is -2.22. The van der Waals surface area contributed by atoms with Crippen molar-refractivity contribution in [3.8, 4) is 5.75 Å². The normalized spacial score (nSPS) is 16.1. The van der Waals surface area contributed by atoms with E-state index in [2.05, 4.69) is 53.7 Å². The molecule has 1 aromatic carbocycles. The molecule has 2 rings (SSSR count). The van der Waals surface area contributed by atoms with Gasteiger partial charge in [-0.2, -0.15) is 0 Å². The summed E-state index contributed by atoms with van der Waals surface area (Å²) in [4.78, 5) is 0. The third-order valence-corrected chi connectivity index (χ3v) is 3.43. The Morgan fingerprint density at radius 2 is 1.61 bits per heavy atom. The van der Waals surface area contributed by atoms with E-state index in [1.807, 2.05) is 0 Å². The summed E-state index contributed by atoms with van der Waals surface area (Å²) in [5.74, 6) is 0.999. The Morgan fingerprint density at radius 1 is 0.944 bits per heavy atom. The van der Waals surface area contributed by atoms with E-state index in [0.29, 0.717) is 13.4 Å². The molecular formula is C16H24O2. The molecular weight excluding hydrogens is 224 g/mol. The van der Waals surface area contributed by atoms with Crippen LogP contribution in [0.3, 0.4) is 0 Å². The Morgan fingerprint density at radius 3 is 2.17 bits per heavy atom. The van der Waals surface area contributed by atoms with Crippen LogP contribution >= 0.6 is 0 Å². The van der Waals surface area contributed by atoms with E-state index in [9.17, 15) is 0 Å². The Hall–Kier alpha value is -1.02. The highest BCUT2D eigenvalue weighted by atomic mass is 16.7. The van der Waals surface area contributed by atoms with Gasteiger partial charge >= 0.3 is 0 Å². The third-order valence-electron chi connectivity index (χ3n) is 3.43. The average Bonchev–Trinajstić information content (AvgIpc) is 2.25. The molecule has 18 heavy (non-hydrogen) atoms. The number of fused-ring (bicyclic) bond motifs is 1. The zero-order valence-corrected chi connectivity index (χ0v) is 12.4. The van der Waals surface area contributed by atoms with Crippen molar-refractivity contribution in [3.63, 3.8) is 0 Å². The van der Waals surface area contributed by atoms with Crippen LogP contribution in [0.5, 0.6) is 5.75 Å². The van der Waals surface area contributed by atoms with E-state index < -0.39 is 0 Å². The number of benzene rings is 1. The summed E-state index contributed by atoms with van der Waals surface area (Å²) in [7, 11) is 0. The number of rotatable bonds is 0. The minimum atomic E-state index is 0.107. The van der Waals surface area contributed by atoms with Crippen LogP contribution in [0.1, 0.15) is 58.2 Å². The van der Waals surface area contributed by atoms with Crippen LogP contribution in [0.15, 0.2) is 12.1 Å². The molecule has 0 aliphatic carbocycles. The van der Waals surface area contributed by atoms with Crippen molar-refractivity contribution in [2.24, 2.45) is 0 Å². The van der Waals surface area contributed by atoms with Gasteiger partial charge in [-0.1, -0.05) is 47.6 Å². The molecule has 0 spiro atoms. The van der Waals surface area contributed by atoms with Crippen LogP contribution in [-0.2, 0) is 22.2 Å². The molecule has 0 unspecified atom stereocenters. The first-order valence-corrected chi connectivity index (χ1v) is 6.58. The molecule has 100 valence electrons. The van der Waals surface area contributed by atoms with E-state index in [-0.39, 0.29) is 10.8 Å². The molecule has 0 saturated carbocycles. The predicted octanol–water partition coefficient (Wildman–Crippen LogP) is 4.15. The molecule has 0 saturated heterocycles. The molecule has 1 aliphatic rings. The molecule has 0 fully saturated rings. The van der Waals surface area contributed by atoms with Gasteiger partial charge in [-0.05, 0) is 28.0 Å². The van der Waals surface area contributed by atoms with Crippen molar-refractivity contribution < 1.29 is 9.47 Å². The topological polar surface area (TPSA) is 18.5 Å². The number of hydrogen-bond acceptors (Lipinski definition) is 2. The fourth-order valence-corrected chi connectivity index (χ4v) is 2.27. The molecule has 1 aliphatic heterocycles. The second kappa shape index (κ2) is 4.27. The largest absolute Gasteiger partial charge is 0.467 e. The molecule has 1 heterocycles. The van der Waals surface area contributed by atoms with E-state index in [4.69, 9.17) is 9.47 Å². The molecule has 0 aromatic heterocycles. The lowest BCUT2D eigenvalue weighted by Gasteiger charge is -2.31. The van der Waals surface area contributed by atoms with Gasteiger partial charge < -0.3 is 9.47 Å². The Bertz CT molecular complexity index is 447. The summed E-state index contributed by atoms with van der Waals surface area (Å²) in [6.07, 6.45) is 0. The summed E-state index contributed by atoms with van der Waals surface area (Å²) in [5.41, 5.74) is 4.12. The van der Waals surface area contributed by atoms with Gasteiger partial charge in [0, 0.05) is 5.56 Å². The SMILES string of the molecule is CC(C)(C)c1cc2c(c(C(C)(C)C)c1)COCO2. The third kappa shape index (κ3) is 2.54. The van der Waals surface area contributed by atoms with Gasteiger partial charge in [-0.3, -0.25) is 0 Å². The van der Waals surface area contributed by atoms with Crippen molar-refractivity contribution >= 4 is 0 Å². The van der Waals surface area contributed by atoms with E-state index in [0.717, 1.165) is 5.75 Å². The maximum Gasteiger partial charge on any atom is 0.189 e. The van der Waals surface area contributed by atoms with Crippen LogP contribution in [0.4, 0.5) is 0 Å². The average molecular weight is 248 g/mol. The van der Waals surface area contributed by atoms with Crippen LogP contribution in [-0.4, -0.2) is 6.79 Å². The Kier molecular flexibility index (Phi) is 3.18. The minimum absolute atomic E-state index is 0.107. The smallest absolute Gasteiger partial charge is 0.189 e. The predicted molar refractivity (Wildman–Crippen MR) is 74.1 cm³/mol. The maximum absolute atomic E-state index is 5.67. The summed E-state index contributed by atoms with van der Waals surface area (Å²) >= 11 is 0. The first-order valence-electron chi connectivity index (χ1n) is 6.58. The lowest BCUT2D eigenvalue weighted by molar-refractivity contribution is -0.0173. The minimum Gasteiger partial charge on any atom is -0.467 e. The maximum atomic E-state index is 5.67. The zero-order valence-electron chi connectivity index (χ0n) is 12.4. The highest BCUT2D eigenvalue weighted by Crippen LogP contribution is 2.38. The van der Waals surface area contributed by atoms with Crippen molar-refractivity contribution in [1.29, 1.82) is 0 Å². The first-order chi connectivity index (χ1) is 8.19. The molecule has 1 aromatic rings. The fraction of sp³-hybridized carbons (Fsp3) is 0.625. The Labute approximate surface area is 110 Å². The van der Waals surface area contributed by atoms with Crippen LogP contribution in [0.2, 0.25) is 0 Å². The molecule has 0 amide bonds. The monoisotopic (exact) mass is 248 g/mol. The molecule has 0 N–H and O–H groups in total. The molecule has 2 heteroatoms. The number of hydrogen-bond donors (Lipinski definition) is 0. The van der Waals surface area contributed by atoms with Crippen LogP contribution < -0.4 is 4.74 Å². The molecule has 0 bridgehead atoms. The summed E-state index contributed by atoms with van der Waals surface area (Å²) in [6, 6.07) is 4.49. The summed E-state index contributed by atoms with van der Waals surface area (Å²) < 4.78 is 11.1. The first kappa shape index (κ1) is 13.4. The van der Waals surface area contributed by atoms with Gasteiger partial charge in [0.25, 0.3) is 0 Å². The molecule has 0 atom stereocenters. The van der Waals surface area contributed by atoms with Gasteiger partial charge in [0.1, 0.15) is 5.75 Å². The zero-order chi connectivity index (χ0) is 13.6. The highest BCUT2D eigenvalue weighted by molar-refractivity contribution is 5.48. The van der Waals surface area contributed by atoms with E-state index in [1.165, 1.54) is 16.7 Å². The Balaban J connectivity index is 2.63. The summed E-state index contributed by atoms with van der Waals surface area (Å²) in [5, 5.41) is 0. The van der Waals surface area contributed by atoms with Gasteiger partial charge in [0.05, 0.1) is 6.61 Å². The van der Waals surface area contributed by atoms with Gasteiger partial charge in [0.2, 0.25) is 0 Å². The van der Waals surface area contributed by atoms with Crippen molar-refractivity contribution in [1.82, 2.24) is 0 Å². The van der Waals surface area contributed by atoms with Gasteiger partial charge in [0.15, 0.2) is 6.79 Å². The second-order valence-electron chi connectivity index (χ2n) is 7.11. The quantitative estimate of drug-likeness (QED) is 0.686. The molecule has 2 nitrogen and oxygen atoms in total. The number of ether oxygens (including phenoxy) is 2. The standard InChI is InChI=1S/C16H24O2/c1-15(2,3)11-7-13(16(4,5)6)12-9-17-10-18-14(12)8-11/h7-8H,9-10H2,1-6H3. The van der Waals surface area contributed by atoms with Crippen molar-refractivity contribution in [3.05, 3.63) is 28.8 Å².